The van der Waals surface area contributed by atoms with Crippen molar-refractivity contribution >= 4 is 49.6 Å². The third-order valence-electron chi connectivity index (χ3n) is 11.8. The Morgan fingerprint density at radius 3 is 1.63 bits per heavy atom. The van der Waals surface area contributed by atoms with Crippen LogP contribution in [0.5, 0.6) is 0 Å². The summed E-state index contributed by atoms with van der Waals surface area (Å²) in [5.41, 5.74) is 16.2. The molecule has 1 heterocycles. The van der Waals surface area contributed by atoms with Crippen LogP contribution < -0.4 is 4.90 Å². The molecule has 11 aromatic rings. The van der Waals surface area contributed by atoms with E-state index in [9.17, 15) is 0 Å². The highest BCUT2D eigenvalue weighted by atomic mass is 15.1. The maximum atomic E-state index is 2.45. The normalized spacial score (nSPS) is 11.3. The number of hydrogen-bond donors (Lipinski definition) is 0. The lowest BCUT2D eigenvalue weighted by molar-refractivity contribution is 1.18. The average Bonchev–Trinajstić information content (AvgIpc) is 3.66. The number of benzene rings is 10. The fourth-order valence-corrected chi connectivity index (χ4v) is 8.93. The van der Waals surface area contributed by atoms with Crippen molar-refractivity contribution in [2.75, 3.05) is 4.90 Å². The SMILES string of the molecule is c1ccc(-c2ccccc2-c2cccc(N(c3ccc4c5ccccc5n(-c5ccccc5)c4c3)c3ccc(-c4ccc5ccccc5c4)cc3-c3ccccc3)c2)cc1. The first-order valence-corrected chi connectivity index (χ1v) is 20.6. The number of hydrogen-bond acceptors (Lipinski definition) is 1. The summed E-state index contributed by atoms with van der Waals surface area (Å²) in [6.45, 7) is 0. The summed E-state index contributed by atoms with van der Waals surface area (Å²) in [5.74, 6) is 0. The van der Waals surface area contributed by atoms with Crippen molar-refractivity contribution in [2.24, 2.45) is 0 Å². The zero-order valence-electron chi connectivity index (χ0n) is 33.0. The number of rotatable bonds is 8. The van der Waals surface area contributed by atoms with Gasteiger partial charge in [0.1, 0.15) is 0 Å². The lowest BCUT2D eigenvalue weighted by atomic mass is 9.93. The Morgan fingerprint density at radius 2 is 0.850 bits per heavy atom. The van der Waals surface area contributed by atoms with E-state index in [0.717, 1.165) is 45.0 Å². The molecule has 10 aromatic carbocycles. The quantitative estimate of drug-likeness (QED) is 0.150. The van der Waals surface area contributed by atoms with E-state index in [-0.39, 0.29) is 0 Å². The summed E-state index contributed by atoms with van der Waals surface area (Å²) >= 11 is 0. The smallest absolute Gasteiger partial charge is 0.0561 e. The maximum Gasteiger partial charge on any atom is 0.0561 e. The Morgan fingerprint density at radius 1 is 0.283 bits per heavy atom. The van der Waals surface area contributed by atoms with E-state index < -0.39 is 0 Å². The van der Waals surface area contributed by atoms with E-state index in [4.69, 9.17) is 0 Å². The Hall–Kier alpha value is -7.94. The van der Waals surface area contributed by atoms with E-state index in [1.807, 2.05) is 0 Å². The van der Waals surface area contributed by atoms with Crippen LogP contribution >= 0.6 is 0 Å². The number of para-hydroxylation sites is 2. The number of aromatic nitrogens is 1. The summed E-state index contributed by atoms with van der Waals surface area (Å²) in [4.78, 5) is 2.45. The second kappa shape index (κ2) is 15.1. The fraction of sp³-hybridized carbons (Fsp3) is 0. The van der Waals surface area contributed by atoms with Crippen LogP contribution in [0.2, 0.25) is 0 Å². The zero-order valence-corrected chi connectivity index (χ0v) is 33.0. The molecule has 60 heavy (non-hydrogen) atoms. The number of nitrogens with zero attached hydrogens (tertiary/aromatic N) is 2. The minimum Gasteiger partial charge on any atom is -0.310 e. The van der Waals surface area contributed by atoms with Gasteiger partial charge in [-0.15, -0.1) is 0 Å². The van der Waals surface area contributed by atoms with Crippen molar-refractivity contribution in [1.82, 2.24) is 4.57 Å². The highest BCUT2D eigenvalue weighted by Crippen LogP contribution is 2.46. The molecule has 0 aliphatic rings. The van der Waals surface area contributed by atoms with Crippen molar-refractivity contribution in [3.8, 4) is 50.2 Å². The van der Waals surface area contributed by atoms with Gasteiger partial charge < -0.3 is 9.47 Å². The maximum absolute atomic E-state index is 2.45. The van der Waals surface area contributed by atoms with Crippen LogP contribution in [0.4, 0.5) is 17.1 Å². The topological polar surface area (TPSA) is 8.17 Å². The van der Waals surface area contributed by atoms with Crippen LogP contribution in [-0.2, 0) is 0 Å². The molecule has 11 rings (SSSR count). The second-order valence-electron chi connectivity index (χ2n) is 15.3. The minimum atomic E-state index is 1.08. The van der Waals surface area contributed by atoms with Crippen molar-refractivity contribution in [1.29, 1.82) is 0 Å². The molecule has 282 valence electrons. The average molecular weight is 765 g/mol. The van der Waals surface area contributed by atoms with Crippen molar-refractivity contribution in [3.63, 3.8) is 0 Å². The summed E-state index contributed by atoms with van der Waals surface area (Å²) in [6, 6.07) is 88.0. The van der Waals surface area contributed by atoms with Crippen molar-refractivity contribution < 1.29 is 0 Å². The molecule has 0 saturated carbocycles. The Labute approximate surface area is 350 Å². The fourth-order valence-electron chi connectivity index (χ4n) is 8.93. The molecule has 0 spiro atoms. The molecule has 1 aromatic heterocycles. The van der Waals surface area contributed by atoms with E-state index in [1.165, 1.54) is 54.9 Å². The lowest BCUT2D eigenvalue weighted by Crippen LogP contribution is -2.12. The van der Waals surface area contributed by atoms with Crippen molar-refractivity contribution in [3.05, 3.63) is 243 Å². The summed E-state index contributed by atoms with van der Waals surface area (Å²) in [5, 5.41) is 4.93. The van der Waals surface area contributed by atoms with Gasteiger partial charge in [-0.3, -0.25) is 0 Å². The van der Waals surface area contributed by atoms with Gasteiger partial charge in [-0.25, -0.2) is 0 Å². The predicted molar refractivity (Wildman–Crippen MR) is 255 cm³/mol. The van der Waals surface area contributed by atoms with Crippen LogP contribution in [0, 0.1) is 0 Å². The monoisotopic (exact) mass is 764 g/mol. The first-order chi connectivity index (χ1) is 29.8. The van der Waals surface area contributed by atoms with Gasteiger partial charge >= 0.3 is 0 Å². The van der Waals surface area contributed by atoms with E-state index in [2.05, 4.69) is 252 Å². The molecule has 2 nitrogen and oxygen atoms in total. The Balaban J connectivity index is 1.16. The molecule has 0 unspecified atom stereocenters. The van der Waals surface area contributed by atoms with Crippen LogP contribution in [0.1, 0.15) is 0 Å². The largest absolute Gasteiger partial charge is 0.310 e. The minimum absolute atomic E-state index is 1.08. The van der Waals surface area contributed by atoms with Gasteiger partial charge in [0.15, 0.2) is 0 Å². The molecule has 0 radical (unpaired) electrons. The predicted octanol–water partition coefficient (Wildman–Crippen LogP) is 16.1. The molecule has 0 aliphatic carbocycles. The highest BCUT2D eigenvalue weighted by molar-refractivity contribution is 6.10. The molecule has 0 N–H and O–H groups in total. The Kier molecular flexibility index (Phi) is 8.87. The molecular weight excluding hydrogens is 725 g/mol. The van der Waals surface area contributed by atoms with Gasteiger partial charge in [0.25, 0.3) is 0 Å². The molecule has 0 saturated heterocycles. The van der Waals surface area contributed by atoms with E-state index in [0.29, 0.717) is 0 Å². The van der Waals surface area contributed by atoms with Gasteiger partial charge in [-0.1, -0.05) is 182 Å². The number of anilines is 3. The molecule has 0 bridgehead atoms. The van der Waals surface area contributed by atoms with Crippen molar-refractivity contribution in [2.45, 2.75) is 0 Å². The molecule has 2 heteroatoms. The first-order valence-electron chi connectivity index (χ1n) is 20.6. The molecular formula is C58H40N2. The summed E-state index contributed by atoms with van der Waals surface area (Å²) in [7, 11) is 0. The van der Waals surface area contributed by atoms with Crippen LogP contribution in [0.25, 0.3) is 82.8 Å². The highest BCUT2D eigenvalue weighted by Gasteiger charge is 2.22. The van der Waals surface area contributed by atoms with Crippen LogP contribution in [0.3, 0.4) is 0 Å². The van der Waals surface area contributed by atoms with Gasteiger partial charge in [0, 0.05) is 33.4 Å². The van der Waals surface area contributed by atoms with Crippen LogP contribution in [0.15, 0.2) is 243 Å². The van der Waals surface area contributed by atoms with Gasteiger partial charge in [0.2, 0.25) is 0 Å². The third kappa shape index (κ3) is 6.32. The number of fused-ring (bicyclic) bond motifs is 4. The van der Waals surface area contributed by atoms with E-state index in [1.54, 1.807) is 0 Å². The van der Waals surface area contributed by atoms with Gasteiger partial charge in [-0.2, -0.15) is 0 Å². The van der Waals surface area contributed by atoms with Gasteiger partial charge in [-0.05, 0) is 110 Å². The Bertz CT molecular complexity index is 3310. The summed E-state index contributed by atoms with van der Waals surface area (Å²) in [6.07, 6.45) is 0. The molecule has 0 atom stereocenters. The standard InChI is InChI=1S/C58H40N2/c1-4-18-42(19-5-1)51-27-12-13-28-52(51)47-23-16-26-49(38-47)59(50-34-35-54-53-29-14-15-30-56(53)60(58(54)40-50)48-24-8-3-9-25-48)57-36-33-46(39-55(57)43-20-6-2-7-21-43)45-32-31-41-17-10-11-22-44(41)37-45/h1-40H. The zero-order chi connectivity index (χ0) is 39.8. The first kappa shape index (κ1) is 35.2. The van der Waals surface area contributed by atoms with E-state index >= 15 is 0 Å². The molecule has 0 fully saturated rings. The second-order valence-corrected chi connectivity index (χ2v) is 15.3. The molecule has 0 aliphatic heterocycles. The van der Waals surface area contributed by atoms with Gasteiger partial charge in [0.05, 0.1) is 16.7 Å². The lowest BCUT2D eigenvalue weighted by Gasteiger charge is -2.29. The third-order valence-corrected chi connectivity index (χ3v) is 11.8. The molecule has 0 amide bonds. The van der Waals surface area contributed by atoms with Crippen LogP contribution in [-0.4, -0.2) is 4.57 Å². The summed E-state index contributed by atoms with van der Waals surface area (Å²) < 4.78 is 2.40.